The monoisotopic (exact) mass is 177 g/mol. The van der Waals surface area contributed by atoms with Gasteiger partial charge >= 0.3 is 0 Å². The third-order valence-electron chi connectivity index (χ3n) is 3.01. The molecule has 2 rings (SSSR count). The fraction of sp³-hybridized carbons (Fsp3) is 0.750. The SMILES string of the molecule is C1=CC(N=C2CCCCC2)CCC1. The van der Waals surface area contributed by atoms with Crippen molar-refractivity contribution in [3.8, 4) is 0 Å². The standard InChI is InChI=1S/C12H19N/c1-3-7-11(8-4-1)13-12-9-5-2-6-10-12/h3,7,11H,1-2,4-6,8-10H2. The summed E-state index contributed by atoms with van der Waals surface area (Å²) in [6.07, 6.45) is 15.2. The van der Waals surface area contributed by atoms with E-state index in [2.05, 4.69) is 12.2 Å². The fourth-order valence-corrected chi connectivity index (χ4v) is 2.23. The zero-order chi connectivity index (χ0) is 8.93. The van der Waals surface area contributed by atoms with E-state index in [1.807, 2.05) is 0 Å². The Balaban J connectivity index is 1.92. The maximum atomic E-state index is 4.82. The predicted octanol–water partition coefficient (Wildman–Crippen LogP) is 3.50. The molecular formula is C12H19N. The molecule has 0 bridgehead atoms. The Hall–Kier alpha value is -0.590. The second-order valence-corrected chi connectivity index (χ2v) is 4.18. The van der Waals surface area contributed by atoms with E-state index in [1.165, 1.54) is 57.1 Å². The summed E-state index contributed by atoms with van der Waals surface area (Å²) in [7, 11) is 0. The van der Waals surface area contributed by atoms with Crippen LogP contribution in [0.3, 0.4) is 0 Å². The molecule has 1 fully saturated rings. The van der Waals surface area contributed by atoms with Crippen molar-refractivity contribution in [2.75, 3.05) is 0 Å². The Bertz CT molecular complexity index is 207. The van der Waals surface area contributed by atoms with Crippen LogP contribution < -0.4 is 0 Å². The van der Waals surface area contributed by atoms with Crippen molar-refractivity contribution in [2.45, 2.75) is 57.4 Å². The molecule has 1 unspecified atom stereocenters. The van der Waals surface area contributed by atoms with Crippen LogP contribution in [0.15, 0.2) is 17.1 Å². The predicted molar refractivity (Wildman–Crippen MR) is 57.3 cm³/mol. The molecule has 0 heterocycles. The number of nitrogens with zero attached hydrogens (tertiary/aromatic N) is 1. The zero-order valence-electron chi connectivity index (χ0n) is 8.34. The van der Waals surface area contributed by atoms with E-state index in [9.17, 15) is 0 Å². The van der Waals surface area contributed by atoms with Crippen LogP contribution in [0, 0.1) is 0 Å². The maximum absolute atomic E-state index is 4.82. The number of aliphatic imine (C=N–C) groups is 1. The lowest BCUT2D eigenvalue weighted by atomic mass is 9.97. The Morgan fingerprint density at radius 3 is 2.62 bits per heavy atom. The molecule has 0 aromatic carbocycles. The molecule has 1 nitrogen and oxygen atoms in total. The second-order valence-electron chi connectivity index (χ2n) is 4.18. The van der Waals surface area contributed by atoms with Gasteiger partial charge in [0.25, 0.3) is 0 Å². The van der Waals surface area contributed by atoms with Gasteiger partial charge in [0.2, 0.25) is 0 Å². The first-order valence-electron chi connectivity index (χ1n) is 5.67. The lowest BCUT2D eigenvalue weighted by Crippen LogP contribution is -2.11. The summed E-state index contributed by atoms with van der Waals surface area (Å²) < 4.78 is 0. The summed E-state index contributed by atoms with van der Waals surface area (Å²) in [6, 6.07) is 0.529. The molecule has 2 aliphatic rings. The average Bonchev–Trinajstić information content (AvgIpc) is 2.21. The van der Waals surface area contributed by atoms with E-state index in [4.69, 9.17) is 4.99 Å². The first-order chi connectivity index (χ1) is 6.45. The van der Waals surface area contributed by atoms with E-state index in [-0.39, 0.29) is 0 Å². The van der Waals surface area contributed by atoms with E-state index in [1.54, 1.807) is 0 Å². The highest BCUT2D eigenvalue weighted by Gasteiger charge is 2.10. The van der Waals surface area contributed by atoms with Gasteiger partial charge in [-0.25, -0.2) is 0 Å². The van der Waals surface area contributed by atoms with Crippen LogP contribution in [-0.2, 0) is 0 Å². The van der Waals surface area contributed by atoms with Gasteiger partial charge < -0.3 is 0 Å². The van der Waals surface area contributed by atoms with E-state index >= 15 is 0 Å². The Morgan fingerprint density at radius 1 is 1.08 bits per heavy atom. The van der Waals surface area contributed by atoms with Crippen LogP contribution in [-0.4, -0.2) is 11.8 Å². The second kappa shape index (κ2) is 4.59. The van der Waals surface area contributed by atoms with Crippen LogP contribution in [0.1, 0.15) is 51.4 Å². The molecule has 0 aliphatic heterocycles. The van der Waals surface area contributed by atoms with E-state index < -0.39 is 0 Å². The van der Waals surface area contributed by atoms with Crippen molar-refractivity contribution in [2.24, 2.45) is 4.99 Å². The molecule has 2 aliphatic carbocycles. The molecule has 0 radical (unpaired) electrons. The van der Waals surface area contributed by atoms with Crippen LogP contribution in [0.25, 0.3) is 0 Å². The summed E-state index contributed by atoms with van der Waals surface area (Å²) >= 11 is 0. The van der Waals surface area contributed by atoms with E-state index in [0.717, 1.165) is 0 Å². The normalized spacial score (nSPS) is 28.9. The number of rotatable bonds is 1. The van der Waals surface area contributed by atoms with Crippen LogP contribution >= 0.6 is 0 Å². The van der Waals surface area contributed by atoms with Gasteiger partial charge in [0.05, 0.1) is 6.04 Å². The quantitative estimate of drug-likeness (QED) is 0.544. The van der Waals surface area contributed by atoms with E-state index in [0.29, 0.717) is 6.04 Å². The number of allylic oxidation sites excluding steroid dienone is 1. The number of hydrogen-bond donors (Lipinski definition) is 0. The first kappa shape index (κ1) is 8.98. The molecular weight excluding hydrogens is 158 g/mol. The topological polar surface area (TPSA) is 12.4 Å². The van der Waals surface area contributed by atoms with Crippen molar-refractivity contribution in [3.05, 3.63) is 12.2 Å². The minimum atomic E-state index is 0.529. The maximum Gasteiger partial charge on any atom is 0.0679 e. The summed E-state index contributed by atoms with van der Waals surface area (Å²) in [5.74, 6) is 0. The lowest BCUT2D eigenvalue weighted by Gasteiger charge is -2.17. The van der Waals surface area contributed by atoms with Crippen LogP contribution in [0.5, 0.6) is 0 Å². The molecule has 0 amide bonds. The number of hydrogen-bond acceptors (Lipinski definition) is 1. The zero-order valence-corrected chi connectivity index (χ0v) is 8.34. The third-order valence-corrected chi connectivity index (χ3v) is 3.01. The van der Waals surface area contributed by atoms with Gasteiger partial charge in [-0.15, -0.1) is 0 Å². The molecule has 0 saturated heterocycles. The molecule has 0 spiro atoms. The van der Waals surface area contributed by atoms with Gasteiger partial charge in [-0.3, -0.25) is 4.99 Å². The molecule has 0 N–H and O–H groups in total. The first-order valence-corrected chi connectivity index (χ1v) is 5.67. The van der Waals surface area contributed by atoms with Crippen molar-refractivity contribution in [3.63, 3.8) is 0 Å². The highest BCUT2D eigenvalue weighted by molar-refractivity contribution is 5.85. The van der Waals surface area contributed by atoms with Crippen molar-refractivity contribution in [1.82, 2.24) is 0 Å². The molecule has 1 atom stereocenters. The molecule has 72 valence electrons. The summed E-state index contributed by atoms with van der Waals surface area (Å²) in [5, 5.41) is 0. The molecule has 0 aromatic heterocycles. The minimum Gasteiger partial charge on any atom is -0.287 e. The van der Waals surface area contributed by atoms with Crippen LogP contribution in [0.2, 0.25) is 0 Å². The van der Waals surface area contributed by atoms with Gasteiger partial charge in [-0.2, -0.15) is 0 Å². The van der Waals surface area contributed by atoms with Gasteiger partial charge in [0.15, 0.2) is 0 Å². The Labute approximate surface area is 80.9 Å². The van der Waals surface area contributed by atoms with Gasteiger partial charge in [-0.1, -0.05) is 18.6 Å². The molecule has 1 heteroatoms. The smallest absolute Gasteiger partial charge is 0.0679 e. The van der Waals surface area contributed by atoms with Crippen molar-refractivity contribution >= 4 is 5.71 Å². The van der Waals surface area contributed by atoms with Gasteiger partial charge in [0.1, 0.15) is 0 Å². The average molecular weight is 177 g/mol. The van der Waals surface area contributed by atoms with Gasteiger partial charge in [-0.05, 0) is 44.9 Å². The highest BCUT2D eigenvalue weighted by Crippen LogP contribution is 2.19. The van der Waals surface area contributed by atoms with Crippen molar-refractivity contribution in [1.29, 1.82) is 0 Å². The molecule has 13 heavy (non-hydrogen) atoms. The summed E-state index contributed by atoms with van der Waals surface area (Å²) in [6.45, 7) is 0. The highest BCUT2D eigenvalue weighted by atomic mass is 14.8. The van der Waals surface area contributed by atoms with Crippen LogP contribution in [0.4, 0.5) is 0 Å². The largest absolute Gasteiger partial charge is 0.287 e. The summed E-state index contributed by atoms with van der Waals surface area (Å²) in [4.78, 5) is 4.82. The van der Waals surface area contributed by atoms with Gasteiger partial charge in [0, 0.05) is 5.71 Å². The van der Waals surface area contributed by atoms with Crippen molar-refractivity contribution < 1.29 is 0 Å². The minimum absolute atomic E-state index is 0.529. The molecule has 1 saturated carbocycles. The summed E-state index contributed by atoms with van der Waals surface area (Å²) in [5.41, 5.74) is 1.49. The Morgan fingerprint density at radius 2 is 1.92 bits per heavy atom. The third kappa shape index (κ3) is 2.68. The molecule has 0 aromatic rings. The Kier molecular flexibility index (Phi) is 3.17. The lowest BCUT2D eigenvalue weighted by molar-refractivity contribution is 0.623. The fourth-order valence-electron chi connectivity index (χ4n) is 2.23.